The summed E-state index contributed by atoms with van der Waals surface area (Å²) in [5.41, 5.74) is -0.864. The van der Waals surface area contributed by atoms with E-state index in [0.717, 1.165) is 12.1 Å². The number of nitrogens with zero attached hydrogens (tertiary/aromatic N) is 4. The van der Waals surface area contributed by atoms with Gasteiger partial charge in [0, 0.05) is 0 Å². The first-order valence-corrected chi connectivity index (χ1v) is 7.71. The number of anilines is 2. The van der Waals surface area contributed by atoms with E-state index >= 15 is 0 Å². The Balaban J connectivity index is 1.84. The summed E-state index contributed by atoms with van der Waals surface area (Å²) in [7, 11) is 0. The molecule has 6 nitrogen and oxygen atoms in total. The van der Waals surface area contributed by atoms with Crippen molar-refractivity contribution in [3.8, 4) is 11.8 Å². The summed E-state index contributed by atoms with van der Waals surface area (Å²) in [4.78, 5) is 15.5. The molecule has 0 fully saturated rings. The monoisotopic (exact) mass is 401 g/mol. The number of alkyl halides is 3. The highest BCUT2D eigenvalue weighted by Crippen LogP contribution is 2.32. The number of halogens is 5. The van der Waals surface area contributed by atoms with Gasteiger partial charge >= 0.3 is 12.2 Å². The second-order valence-corrected chi connectivity index (χ2v) is 5.53. The molecule has 2 aromatic heterocycles. The maximum absolute atomic E-state index is 12.8. The molecular formula is C15H8Cl2F3N5O. The molecule has 0 spiro atoms. The van der Waals surface area contributed by atoms with Gasteiger partial charge in [0.05, 0.1) is 5.56 Å². The molecule has 0 atom stereocenters. The van der Waals surface area contributed by atoms with Gasteiger partial charge in [0.25, 0.3) is 0 Å². The highest BCUT2D eigenvalue weighted by Gasteiger charge is 2.30. The van der Waals surface area contributed by atoms with Gasteiger partial charge in [-0.3, -0.25) is 0 Å². The summed E-state index contributed by atoms with van der Waals surface area (Å²) in [5, 5.41) is 2.77. The van der Waals surface area contributed by atoms with Gasteiger partial charge in [-0.25, -0.2) is 4.98 Å². The second kappa shape index (κ2) is 7.30. The molecule has 0 saturated heterocycles. The Kier molecular flexibility index (Phi) is 5.10. The number of benzene rings is 1. The first-order valence-electron chi connectivity index (χ1n) is 6.96. The standard InChI is InChI=1S/C15H8Cl2F3N5O/c16-10-5-2-6-11(21-10)22-13-23-12(17)24-14(25-13)26-9-4-1-3-8(7-9)15(18,19)20/h1-7H,(H,21,22,23,24,25). The second-order valence-electron chi connectivity index (χ2n) is 4.81. The Labute approximate surface area is 155 Å². The van der Waals surface area contributed by atoms with Crippen LogP contribution in [-0.4, -0.2) is 19.9 Å². The van der Waals surface area contributed by atoms with E-state index in [1.54, 1.807) is 18.2 Å². The predicted molar refractivity (Wildman–Crippen MR) is 88.9 cm³/mol. The smallest absolute Gasteiger partial charge is 0.416 e. The van der Waals surface area contributed by atoms with Crippen LogP contribution in [0.25, 0.3) is 0 Å². The van der Waals surface area contributed by atoms with Gasteiger partial charge in [-0.15, -0.1) is 0 Å². The van der Waals surface area contributed by atoms with E-state index in [1.165, 1.54) is 12.1 Å². The van der Waals surface area contributed by atoms with Crippen LogP contribution in [-0.2, 0) is 6.18 Å². The minimum Gasteiger partial charge on any atom is -0.424 e. The van der Waals surface area contributed by atoms with Crippen molar-refractivity contribution in [3.63, 3.8) is 0 Å². The average molecular weight is 402 g/mol. The number of pyridine rings is 1. The zero-order valence-electron chi connectivity index (χ0n) is 12.6. The van der Waals surface area contributed by atoms with E-state index in [9.17, 15) is 13.2 Å². The molecule has 0 aliphatic carbocycles. The maximum atomic E-state index is 12.8. The molecule has 2 heterocycles. The van der Waals surface area contributed by atoms with E-state index in [-0.39, 0.29) is 28.1 Å². The normalized spacial score (nSPS) is 11.3. The molecule has 1 N–H and O–H groups in total. The quantitative estimate of drug-likeness (QED) is 0.611. The third kappa shape index (κ3) is 4.70. The molecule has 26 heavy (non-hydrogen) atoms. The molecule has 0 aliphatic heterocycles. The molecule has 0 amide bonds. The van der Waals surface area contributed by atoms with Crippen LogP contribution in [0.2, 0.25) is 10.4 Å². The summed E-state index contributed by atoms with van der Waals surface area (Å²) < 4.78 is 43.6. The van der Waals surface area contributed by atoms with Gasteiger partial charge in [0.2, 0.25) is 11.2 Å². The van der Waals surface area contributed by atoms with Gasteiger partial charge in [-0.2, -0.15) is 28.1 Å². The zero-order valence-corrected chi connectivity index (χ0v) is 14.1. The lowest BCUT2D eigenvalue weighted by Gasteiger charge is -2.10. The number of nitrogens with one attached hydrogen (secondary N) is 1. The van der Waals surface area contributed by atoms with Crippen molar-refractivity contribution >= 4 is 35.0 Å². The van der Waals surface area contributed by atoms with Crippen LogP contribution >= 0.6 is 23.2 Å². The summed E-state index contributed by atoms with van der Waals surface area (Å²) in [5.74, 6) is 0.223. The topological polar surface area (TPSA) is 72.8 Å². The van der Waals surface area contributed by atoms with Crippen LogP contribution in [0.3, 0.4) is 0 Å². The van der Waals surface area contributed by atoms with E-state index in [0.29, 0.717) is 5.82 Å². The van der Waals surface area contributed by atoms with E-state index in [1.807, 2.05) is 0 Å². The first kappa shape index (κ1) is 18.2. The molecule has 11 heteroatoms. The van der Waals surface area contributed by atoms with E-state index in [4.69, 9.17) is 27.9 Å². The van der Waals surface area contributed by atoms with Gasteiger partial charge in [0.1, 0.15) is 16.7 Å². The third-order valence-corrected chi connectivity index (χ3v) is 3.29. The molecule has 0 aliphatic rings. The van der Waals surface area contributed by atoms with Gasteiger partial charge in [-0.1, -0.05) is 23.7 Å². The Morgan fingerprint density at radius 3 is 2.42 bits per heavy atom. The van der Waals surface area contributed by atoms with Crippen LogP contribution in [0.1, 0.15) is 5.56 Å². The number of aromatic nitrogens is 4. The van der Waals surface area contributed by atoms with Crippen LogP contribution in [0.15, 0.2) is 42.5 Å². The fraction of sp³-hybridized carbons (Fsp3) is 0.0667. The molecule has 0 radical (unpaired) electrons. The molecule has 3 aromatic rings. The van der Waals surface area contributed by atoms with E-state index < -0.39 is 11.7 Å². The minimum atomic E-state index is -4.50. The van der Waals surface area contributed by atoms with Crippen molar-refractivity contribution in [2.45, 2.75) is 6.18 Å². The highest BCUT2D eigenvalue weighted by molar-refractivity contribution is 6.29. The van der Waals surface area contributed by atoms with Crippen molar-refractivity contribution in [1.82, 2.24) is 19.9 Å². The lowest BCUT2D eigenvalue weighted by atomic mass is 10.2. The van der Waals surface area contributed by atoms with Gasteiger partial charge < -0.3 is 10.1 Å². The molecular weight excluding hydrogens is 394 g/mol. The lowest BCUT2D eigenvalue weighted by Crippen LogP contribution is -2.05. The predicted octanol–water partition coefficient (Wildman–Crippen LogP) is 5.13. The molecule has 134 valence electrons. The largest absolute Gasteiger partial charge is 0.424 e. The Morgan fingerprint density at radius 2 is 1.69 bits per heavy atom. The SMILES string of the molecule is FC(F)(F)c1cccc(Oc2nc(Cl)nc(Nc3cccc(Cl)n3)n2)c1. The van der Waals surface area contributed by atoms with Gasteiger partial charge in [-0.05, 0) is 41.9 Å². The number of ether oxygens (including phenoxy) is 1. The van der Waals surface area contributed by atoms with E-state index in [2.05, 4.69) is 25.3 Å². The maximum Gasteiger partial charge on any atom is 0.416 e. The fourth-order valence-corrected chi connectivity index (χ4v) is 2.18. The zero-order chi connectivity index (χ0) is 18.7. The Morgan fingerprint density at radius 1 is 0.923 bits per heavy atom. The van der Waals surface area contributed by atoms with Crippen LogP contribution in [0.5, 0.6) is 11.8 Å². The number of rotatable bonds is 4. The van der Waals surface area contributed by atoms with Crippen molar-refractivity contribution in [2.75, 3.05) is 5.32 Å². The Bertz CT molecular complexity index is 939. The molecule has 0 unspecified atom stereocenters. The summed E-state index contributed by atoms with van der Waals surface area (Å²) >= 11 is 11.6. The molecule has 1 aromatic carbocycles. The van der Waals surface area contributed by atoms with Crippen LogP contribution in [0, 0.1) is 0 Å². The van der Waals surface area contributed by atoms with Crippen LogP contribution < -0.4 is 10.1 Å². The van der Waals surface area contributed by atoms with Crippen molar-refractivity contribution in [2.24, 2.45) is 0 Å². The number of hydrogen-bond donors (Lipinski definition) is 1. The lowest BCUT2D eigenvalue weighted by molar-refractivity contribution is -0.137. The first-order chi connectivity index (χ1) is 12.3. The highest BCUT2D eigenvalue weighted by atomic mass is 35.5. The molecule has 3 rings (SSSR count). The fourth-order valence-electron chi connectivity index (χ4n) is 1.87. The number of hydrogen-bond acceptors (Lipinski definition) is 6. The summed E-state index contributed by atoms with van der Waals surface area (Å²) in [6.45, 7) is 0. The van der Waals surface area contributed by atoms with Gasteiger partial charge in [0.15, 0.2) is 0 Å². The Hall–Kier alpha value is -2.65. The average Bonchev–Trinajstić information content (AvgIpc) is 2.53. The third-order valence-electron chi connectivity index (χ3n) is 2.91. The molecule has 0 saturated carbocycles. The van der Waals surface area contributed by atoms with Crippen LogP contribution in [0.4, 0.5) is 24.9 Å². The minimum absolute atomic E-state index is 0.0123. The molecule has 0 bridgehead atoms. The summed E-state index contributed by atoms with van der Waals surface area (Å²) in [6, 6.07) is 8.84. The van der Waals surface area contributed by atoms with Crippen molar-refractivity contribution < 1.29 is 17.9 Å². The summed E-state index contributed by atoms with van der Waals surface area (Å²) in [6.07, 6.45) is -4.50. The van der Waals surface area contributed by atoms with Crippen molar-refractivity contribution in [3.05, 3.63) is 58.5 Å². The van der Waals surface area contributed by atoms with Crippen molar-refractivity contribution in [1.29, 1.82) is 0 Å².